The summed E-state index contributed by atoms with van der Waals surface area (Å²) >= 11 is 7.43. The number of thioether (sulfide) groups is 1. The minimum atomic E-state index is -0.738. The molecular weight excluding hydrogens is 259 g/mol. The summed E-state index contributed by atoms with van der Waals surface area (Å²) in [6, 6.07) is 4.43. The summed E-state index contributed by atoms with van der Waals surface area (Å²) in [7, 11) is 0. The fraction of sp³-hybridized carbons (Fsp3) is 0.538. The Morgan fingerprint density at radius 2 is 2.12 bits per heavy atom. The van der Waals surface area contributed by atoms with Gasteiger partial charge in [-0.2, -0.15) is 11.8 Å². The lowest BCUT2D eigenvalue weighted by Gasteiger charge is -2.14. The van der Waals surface area contributed by atoms with Crippen molar-refractivity contribution in [2.75, 3.05) is 5.75 Å². The highest BCUT2D eigenvalue weighted by atomic mass is 35.5. The molecule has 1 aliphatic rings. The topological polar surface area (TPSA) is 20.2 Å². The SMILES string of the molecule is OC(CSC1CCCC1)c1ccc(Cl)cc1F. The van der Waals surface area contributed by atoms with Crippen LogP contribution in [0.2, 0.25) is 5.02 Å². The molecule has 1 aromatic carbocycles. The highest BCUT2D eigenvalue weighted by molar-refractivity contribution is 7.99. The van der Waals surface area contributed by atoms with Crippen molar-refractivity contribution in [3.05, 3.63) is 34.6 Å². The lowest BCUT2D eigenvalue weighted by atomic mass is 10.1. The Hall–Kier alpha value is -0.250. The van der Waals surface area contributed by atoms with Crippen molar-refractivity contribution in [3.8, 4) is 0 Å². The van der Waals surface area contributed by atoms with E-state index in [4.69, 9.17) is 11.6 Å². The Balaban J connectivity index is 1.91. The van der Waals surface area contributed by atoms with Crippen LogP contribution in [-0.2, 0) is 0 Å². The predicted octanol–water partition coefficient (Wildman–Crippen LogP) is 4.19. The van der Waals surface area contributed by atoms with Crippen molar-refractivity contribution in [3.63, 3.8) is 0 Å². The number of hydrogen-bond donors (Lipinski definition) is 1. The molecule has 0 aliphatic heterocycles. The van der Waals surface area contributed by atoms with Gasteiger partial charge in [-0.3, -0.25) is 0 Å². The van der Waals surface area contributed by atoms with E-state index in [-0.39, 0.29) is 0 Å². The van der Waals surface area contributed by atoms with E-state index in [2.05, 4.69) is 0 Å². The third-order valence-electron chi connectivity index (χ3n) is 3.11. The van der Waals surface area contributed by atoms with Gasteiger partial charge in [0.15, 0.2) is 0 Å². The van der Waals surface area contributed by atoms with Crippen LogP contribution in [0.3, 0.4) is 0 Å². The van der Waals surface area contributed by atoms with Gasteiger partial charge in [-0.05, 0) is 25.0 Å². The average molecular weight is 275 g/mol. The van der Waals surface area contributed by atoms with E-state index in [0.717, 1.165) is 0 Å². The summed E-state index contributed by atoms with van der Waals surface area (Å²) in [5.41, 5.74) is 0.347. The summed E-state index contributed by atoms with van der Waals surface area (Å²) < 4.78 is 13.5. The van der Waals surface area contributed by atoms with Gasteiger partial charge < -0.3 is 5.11 Å². The monoisotopic (exact) mass is 274 g/mol. The first-order valence-electron chi connectivity index (χ1n) is 5.91. The first kappa shape index (κ1) is 13.2. The van der Waals surface area contributed by atoms with E-state index in [1.54, 1.807) is 23.9 Å². The van der Waals surface area contributed by atoms with E-state index >= 15 is 0 Å². The van der Waals surface area contributed by atoms with Gasteiger partial charge >= 0.3 is 0 Å². The predicted molar refractivity (Wildman–Crippen MR) is 71.1 cm³/mol. The molecule has 0 bridgehead atoms. The number of hydrogen-bond acceptors (Lipinski definition) is 2. The molecule has 1 atom stereocenters. The second kappa shape index (κ2) is 6.07. The molecule has 2 rings (SSSR count). The van der Waals surface area contributed by atoms with Gasteiger partial charge in [0.05, 0.1) is 6.10 Å². The Morgan fingerprint density at radius 1 is 1.41 bits per heavy atom. The quantitative estimate of drug-likeness (QED) is 0.888. The van der Waals surface area contributed by atoms with Crippen LogP contribution in [0.1, 0.15) is 37.4 Å². The number of rotatable bonds is 4. The van der Waals surface area contributed by atoms with Crippen molar-refractivity contribution in [2.24, 2.45) is 0 Å². The molecule has 4 heteroatoms. The van der Waals surface area contributed by atoms with Gasteiger partial charge in [-0.15, -0.1) is 0 Å². The van der Waals surface area contributed by atoms with Crippen LogP contribution in [0.25, 0.3) is 0 Å². The zero-order valence-electron chi connectivity index (χ0n) is 9.53. The molecule has 1 aromatic rings. The van der Waals surface area contributed by atoms with E-state index in [0.29, 0.717) is 21.6 Å². The molecule has 0 spiro atoms. The van der Waals surface area contributed by atoms with Gasteiger partial charge in [0.1, 0.15) is 5.82 Å². The zero-order valence-corrected chi connectivity index (χ0v) is 11.1. The highest BCUT2D eigenvalue weighted by Gasteiger charge is 2.19. The summed E-state index contributed by atoms with van der Waals surface area (Å²) in [5.74, 6) is 0.139. The first-order chi connectivity index (χ1) is 8.16. The molecule has 1 saturated carbocycles. The minimum absolute atomic E-state index is 0.347. The van der Waals surface area contributed by atoms with E-state index in [9.17, 15) is 9.50 Å². The number of benzene rings is 1. The van der Waals surface area contributed by atoms with Gasteiger partial charge in [-0.25, -0.2) is 4.39 Å². The highest BCUT2D eigenvalue weighted by Crippen LogP contribution is 2.32. The molecule has 0 radical (unpaired) electrons. The van der Waals surface area contributed by atoms with Crippen molar-refractivity contribution >= 4 is 23.4 Å². The molecule has 1 fully saturated rings. The van der Waals surface area contributed by atoms with E-state index < -0.39 is 11.9 Å². The zero-order chi connectivity index (χ0) is 12.3. The summed E-state index contributed by atoms with van der Waals surface area (Å²) in [5, 5.41) is 11.0. The molecule has 17 heavy (non-hydrogen) atoms. The maximum atomic E-state index is 13.5. The van der Waals surface area contributed by atoms with Gasteiger partial charge in [-0.1, -0.05) is 30.5 Å². The maximum absolute atomic E-state index is 13.5. The fourth-order valence-corrected chi connectivity index (χ4v) is 3.60. The fourth-order valence-electron chi connectivity index (χ4n) is 2.14. The van der Waals surface area contributed by atoms with Crippen LogP contribution in [0.5, 0.6) is 0 Å². The molecule has 0 saturated heterocycles. The second-order valence-corrected chi connectivity index (χ2v) is 6.19. The van der Waals surface area contributed by atoms with Crippen LogP contribution >= 0.6 is 23.4 Å². The van der Waals surface area contributed by atoms with Gasteiger partial charge in [0, 0.05) is 21.6 Å². The van der Waals surface area contributed by atoms with Crippen molar-refractivity contribution in [1.82, 2.24) is 0 Å². The van der Waals surface area contributed by atoms with Gasteiger partial charge in [0.2, 0.25) is 0 Å². The molecule has 1 nitrogen and oxygen atoms in total. The third-order valence-corrected chi connectivity index (χ3v) is 4.80. The third kappa shape index (κ3) is 3.60. The second-order valence-electron chi connectivity index (χ2n) is 4.42. The number of aliphatic hydroxyl groups is 1. The summed E-state index contributed by atoms with van der Waals surface area (Å²) in [6.45, 7) is 0. The molecule has 0 aromatic heterocycles. The van der Waals surface area contributed by atoms with E-state index in [1.807, 2.05) is 0 Å². The van der Waals surface area contributed by atoms with Crippen molar-refractivity contribution < 1.29 is 9.50 Å². The standard InChI is InChI=1S/C13H16ClFOS/c14-9-5-6-11(12(15)7-9)13(16)8-17-10-3-1-2-4-10/h5-7,10,13,16H,1-4,8H2. The van der Waals surface area contributed by atoms with E-state index in [1.165, 1.54) is 31.7 Å². The number of halogens is 2. The maximum Gasteiger partial charge on any atom is 0.130 e. The summed E-state index contributed by atoms with van der Waals surface area (Å²) in [6.07, 6.45) is 4.27. The van der Waals surface area contributed by atoms with Crippen LogP contribution in [0.4, 0.5) is 4.39 Å². The Bertz CT molecular complexity index is 380. The van der Waals surface area contributed by atoms with Crippen LogP contribution < -0.4 is 0 Å². The van der Waals surface area contributed by atoms with Gasteiger partial charge in [0.25, 0.3) is 0 Å². The average Bonchev–Trinajstić information content (AvgIpc) is 2.78. The summed E-state index contributed by atoms with van der Waals surface area (Å²) in [4.78, 5) is 0. The smallest absolute Gasteiger partial charge is 0.130 e. The molecule has 1 aliphatic carbocycles. The van der Waals surface area contributed by atoms with Crippen LogP contribution in [0, 0.1) is 5.82 Å². The molecule has 1 unspecified atom stereocenters. The lowest BCUT2D eigenvalue weighted by Crippen LogP contribution is -2.06. The Morgan fingerprint density at radius 3 is 2.76 bits per heavy atom. The molecule has 1 N–H and O–H groups in total. The molecule has 0 amide bonds. The minimum Gasteiger partial charge on any atom is -0.387 e. The first-order valence-corrected chi connectivity index (χ1v) is 7.34. The Labute approximate surface area is 110 Å². The van der Waals surface area contributed by atoms with Crippen LogP contribution in [0.15, 0.2) is 18.2 Å². The van der Waals surface area contributed by atoms with Crippen molar-refractivity contribution in [2.45, 2.75) is 37.0 Å². The molecule has 0 heterocycles. The lowest BCUT2D eigenvalue weighted by molar-refractivity contribution is 0.199. The van der Waals surface area contributed by atoms with Crippen LogP contribution in [-0.4, -0.2) is 16.1 Å². The normalized spacial score (nSPS) is 18.5. The molecule has 94 valence electrons. The number of aliphatic hydroxyl groups excluding tert-OH is 1. The molecular formula is C13H16ClFOS. The Kier molecular flexibility index (Phi) is 4.71. The van der Waals surface area contributed by atoms with Crippen molar-refractivity contribution in [1.29, 1.82) is 0 Å². The largest absolute Gasteiger partial charge is 0.387 e.